The average molecular weight is 258 g/mol. The number of ketones is 1. The maximum Gasteiger partial charge on any atom is 0.260 e. The molecule has 0 saturated carbocycles. The van der Waals surface area contributed by atoms with Crippen molar-refractivity contribution in [3.05, 3.63) is 29.8 Å². The van der Waals surface area contributed by atoms with E-state index in [2.05, 4.69) is 0 Å². The summed E-state index contributed by atoms with van der Waals surface area (Å²) < 4.78 is 5.36. The van der Waals surface area contributed by atoms with E-state index in [1.165, 1.54) is 0 Å². The second-order valence-electron chi connectivity index (χ2n) is 4.35. The number of hydrogen-bond donors (Lipinski definition) is 0. The lowest BCUT2D eigenvalue weighted by Crippen LogP contribution is -2.41. The molecule has 0 atom stereocenters. The SMILES string of the molecule is N#Cc1cccc(OCC(=O)N2CCC(=O)CC2)c1. The number of ether oxygens (including phenoxy) is 1. The number of benzene rings is 1. The summed E-state index contributed by atoms with van der Waals surface area (Å²) in [6.45, 7) is 0.877. The first-order chi connectivity index (χ1) is 9.19. The summed E-state index contributed by atoms with van der Waals surface area (Å²) in [4.78, 5) is 24.6. The van der Waals surface area contributed by atoms with Gasteiger partial charge in [-0.25, -0.2) is 0 Å². The van der Waals surface area contributed by atoms with Gasteiger partial charge in [-0.1, -0.05) is 6.07 Å². The van der Waals surface area contributed by atoms with Crippen LogP contribution in [0, 0.1) is 11.3 Å². The Labute approximate surface area is 111 Å². The first-order valence-electron chi connectivity index (χ1n) is 6.11. The minimum absolute atomic E-state index is 0.0664. The molecule has 2 rings (SSSR count). The van der Waals surface area contributed by atoms with Gasteiger partial charge < -0.3 is 9.64 Å². The topological polar surface area (TPSA) is 70.4 Å². The molecule has 98 valence electrons. The lowest BCUT2D eigenvalue weighted by molar-refractivity contribution is -0.136. The van der Waals surface area contributed by atoms with E-state index in [0.717, 1.165) is 0 Å². The van der Waals surface area contributed by atoms with Crippen molar-refractivity contribution in [1.29, 1.82) is 5.26 Å². The van der Waals surface area contributed by atoms with E-state index in [4.69, 9.17) is 10.00 Å². The van der Waals surface area contributed by atoms with Crippen molar-refractivity contribution in [3.8, 4) is 11.8 Å². The third kappa shape index (κ3) is 3.55. The van der Waals surface area contributed by atoms with Crippen LogP contribution in [0.15, 0.2) is 24.3 Å². The van der Waals surface area contributed by atoms with E-state index >= 15 is 0 Å². The molecule has 19 heavy (non-hydrogen) atoms. The summed E-state index contributed by atoms with van der Waals surface area (Å²) >= 11 is 0. The van der Waals surface area contributed by atoms with Crippen molar-refractivity contribution < 1.29 is 14.3 Å². The maximum atomic E-state index is 11.9. The van der Waals surface area contributed by atoms with Crippen molar-refractivity contribution in [2.24, 2.45) is 0 Å². The Bertz CT molecular complexity index is 524. The predicted octanol–water partition coefficient (Wildman–Crippen LogP) is 1.13. The summed E-state index contributed by atoms with van der Waals surface area (Å²) in [5.41, 5.74) is 0.494. The van der Waals surface area contributed by atoms with Gasteiger partial charge in [0.25, 0.3) is 5.91 Å². The monoisotopic (exact) mass is 258 g/mol. The van der Waals surface area contributed by atoms with Crippen LogP contribution < -0.4 is 4.74 Å². The van der Waals surface area contributed by atoms with Gasteiger partial charge in [0.1, 0.15) is 11.5 Å². The van der Waals surface area contributed by atoms with E-state index in [0.29, 0.717) is 37.2 Å². The molecule has 0 aliphatic carbocycles. The Morgan fingerprint density at radius 1 is 1.37 bits per heavy atom. The molecule has 1 amide bonds. The summed E-state index contributed by atoms with van der Waals surface area (Å²) in [5.74, 6) is 0.571. The molecule has 0 spiro atoms. The molecule has 1 aromatic rings. The third-order valence-electron chi connectivity index (χ3n) is 3.00. The molecule has 5 heteroatoms. The van der Waals surface area contributed by atoms with E-state index in [9.17, 15) is 9.59 Å². The fraction of sp³-hybridized carbons (Fsp3) is 0.357. The molecule has 0 radical (unpaired) electrons. The Kier molecular flexibility index (Phi) is 4.14. The number of carbonyl (C=O) groups is 2. The van der Waals surface area contributed by atoms with Crippen LogP contribution in [0.2, 0.25) is 0 Å². The zero-order valence-corrected chi connectivity index (χ0v) is 10.5. The molecule has 0 unspecified atom stereocenters. The van der Waals surface area contributed by atoms with Crippen LogP contribution in [-0.4, -0.2) is 36.3 Å². The summed E-state index contributed by atoms with van der Waals surface area (Å²) in [5, 5.41) is 8.76. The molecule has 1 aromatic carbocycles. The Hall–Kier alpha value is -2.35. The molecule has 1 heterocycles. The number of nitriles is 1. The van der Waals surface area contributed by atoms with Crippen LogP contribution in [0.4, 0.5) is 0 Å². The zero-order valence-electron chi connectivity index (χ0n) is 10.5. The van der Waals surface area contributed by atoms with Gasteiger partial charge in [-0.3, -0.25) is 9.59 Å². The van der Waals surface area contributed by atoms with Crippen LogP contribution >= 0.6 is 0 Å². The molecule has 1 aliphatic heterocycles. The lowest BCUT2D eigenvalue weighted by atomic mass is 10.1. The number of Topliss-reactive ketones (excluding diaryl/α,β-unsaturated/α-hetero) is 1. The second kappa shape index (κ2) is 6.01. The maximum absolute atomic E-state index is 11.9. The number of carbonyl (C=O) groups excluding carboxylic acids is 2. The molecule has 0 aromatic heterocycles. The fourth-order valence-electron chi connectivity index (χ4n) is 1.90. The van der Waals surface area contributed by atoms with E-state index < -0.39 is 0 Å². The highest BCUT2D eigenvalue weighted by Gasteiger charge is 2.20. The van der Waals surface area contributed by atoms with Crippen molar-refractivity contribution >= 4 is 11.7 Å². The molecule has 1 saturated heterocycles. The molecule has 1 fully saturated rings. The standard InChI is InChI=1S/C14H14N2O3/c15-9-11-2-1-3-13(8-11)19-10-14(18)16-6-4-12(17)5-7-16/h1-3,8H,4-7,10H2. The quantitative estimate of drug-likeness (QED) is 0.814. The minimum Gasteiger partial charge on any atom is -0.484 e. The molecular weight excluding hydrogens is 244 g/mol. The van der Waals surface area contributed by atoms with Crippen LogP contribution in [0.5, 0.6) is 5.75 Å². The highest BCUT2D eigenvalue weighted by atomic mass is 16.5. The molecule has 1 aliphatic rings. The van der Waals surface area contributed by atoms with Crippen molar-refractivity contribution in [2.75, 3.05) is 19.7 Å². The Morgan fingerprint density at radius 3 is 2.79 bits per heavy atom. The van der Waals surface area contributed by atoms with Crippen molar-refractivity contribution in [1.82, 2.24) is 4.90 Å². The number of likely N-dealkylation sites (tertiary alicyclic amines) is 1. The fourth-order valence-corrected chi connectivity index (χ4v) is 1.90. The van der Waals surface area contributed by atoms with Crippen molar-refractivity contribution in [3.63, 3.8) is 0 Å². The van der Waals surface area contributed by atoms with Gasteiger partial charge in [0.15, 0.2) is 6.61 Å². The predicted molar refractivity (Wildman–Crippen MR) is 67.5 cm³/mol. The first-order valence-corrected chi connectivity index (χ1v) is 6.11. The third-order valence-corrected chi connectivity index (χ3v) is 3.00. The van der Waals surface area contributed by atoms with E-state index in [1.54, 1.807) is 29.2 Å². The van der Waals surface area contributed by atoms with Gasteiger partial charge in [-0.2, -0.15) is 5.26 Å². The van der Waals surface area contributed by atoms with Crippen LogP contribution in [0.3, 0.4) is 0 Å². The molecular formula is C14H14N2O3. The highest BCUT2D eigenvalue weighted by Crippen LogP contribution is 2.13. The number of hydrogen-bond acceptors (Lipinski definition) is 4. The number of nitrogens with zero attached hydrogens (tertiary/aromatic N) is 2. The van der Waals surface area contributed by atoms with Gasteiger partial charge in [-0.15, -0.1) is 0 Å². The average Bonchev–Trinajstić information content (AvgIpc) is 2.46. The van der Waals surface area contributed by atoms with Crippen LogP contribution in [0.1, 0.15) is 18.4 Å². The lowest BCUT2D eigenvalue weighted by Gasteiger charge is -2.25. The van der Waals surface area contributed by atoms with Crippen LogP contribution in [0.25, 0.3) is 0 Å². The summed E-state index contributed by atoms with van der Waals surface area (Å²) in [6.07, 6.45) is 0.852. The van der Waals surface area contributed by atoms with Gasteiger partial charge in [0, 0.05) is 25.9 Å². The Morgan fingerprint density at radius 2 is 2.11 bits per heavy atom. The zero-order chi connectivity index (χ0) is 13.7. The molecule has 0 N–H and O–H groups in total. The van der Waals surface area contributed by atoms with Gasteiger partial charge in [-0.05, 0) is 18.2 Å². The Balaban J connectivity index is 1.86. The summed E-state index contributed by atoms with van der Waals surface area (Å²) in [7, 11) is 0. The number of piperidine rings is 1. The van der Waals surface area contributed by atoms with E-state index in [1.807, 2.05) is 6.07 Å². The highest BCUT2D eigenvalue weighted by molar-refractivity contribution is 5.83. The summed E-state index contributed by atoms with van der Waals surface area (Å²) in [6, 6.07) is 8.68. The molecule has 0 bridgehead atoms. The molecule has 5 nitrogen and oxygen atoms in total. The van der Waals surface area contributed by atoms with E-state index in [-0.39, 0.29) is 18.3 Å². The van der Waals surface area contributed by atoms with Crippen LogP contribution in [-0.2, 0) is 9.59 Å². The van der Waals surface area contributed by atoms with Gasteiger partial charge in [0.2, 0.25) is 0 Å². The van der Waals surface area contributed by atoms with Gasteiger partial charge in [0.05, 0.1) is 11.6 Å². The number of amides is 1. The first kappa shape index (κ1) is 13.1. The van der Waals surface area contributed by atoms with Crippen molar-refractivity contribution in [2.45, 2.75) is 12.8 Å². The minimum atomic E-state index is -0.130. The smallest absolute Gasteiger partial charge is 0.260 e. The van der Waals surface area contributed by atoms with Gasteiger partial charge >= 0.3 is 0 Å². The number of rotatable bonds is 3. The normalized spacial score (nSPS) is 14.9. The largest absolute Gasteiger partial charge is 0.484 e. The second-order valence-corrected chi connectivity index (χ2v) is 4.35.